The lowest BCUT2D eigenvalue weighted by molar-refractivity contribution is -0.121. The first-order valence-corrected chi connectivity index (χ1v) is 8.80. The van der Waals surface area contributed by atoms with E-state index in [2.05, 4.69) is 10.2 Å². The number of aryl methyl sites for hydroxylation is 1. The van der Waals surface area contributed by atoms with Gasteiger partial charge in [0.05, 0.1) is 18.6 Å². The molecule has 0 spiro atoms. The van der Waals surface area contributed by atoms with Gasteiger partial charge in [0, 0.05) is 39.9 Å². The van der Waals surface area contributed by atoms with E-state index in [0.717, 1.165) is 43.8 Å². The number of hydrogen-bond donors (Lipinski definition) is 1. The normalized spacial score (nSPS) is 15.5. The average molecular weight is 363 g/mol. The third-order valence-electron chi connectivity index (χ3n) is 4.75. The van der Waals surface area contributed by atoms with Gasteiger partial charge in [0.1, 0.15) is 12.2 Å². The molecular weight excluding hydrogens is 338 g/mol. The van der Waals surface area contributed by atoms with Crippen molar-refractivity contribution >= 4 is 16.9 Å². The topological polar surface area (TPSA) is 90.5 Å². The average Bonchev–Trinajstić information content (AvgIpc) is 3.06. The molecule has 0 radical (unpaired) electrons. The highest BCUT2D eigenvalue weighted by Crippen LogP contribution is 2.09. The van der Waals surface area contributed by atoms with Gasteiger partial charge >= 0.3 is 5.69 Å². The Labute approximate surface area is 150 Å². The smallest absolute Gasteiger partial charge is 0.332 e. The van der Waals surface area contributed by atoms with Crippen LogP contribution in [-0.4, -0.2) is 63.9 Å². The molecule has 0 saturated carbocycles. The van der Waals surface area contributed by atoms with Crippen LogP contribution >= 0.6 is 0 Å². The van der Waals surface area contributed by atoms with Crippen LogP contribution in [0.1, 0.15) is 6.42 Å². The number of aromatic nitrogens is 3. The summed E-state index contributed by atoms with van der Waals surface area (Å²) in [6.45, 7) is 5.01. The molecule has 1 aliphatic rings. The second kappa shape index (κ2) is 7.88. The van der Waals surface area contributed by atoms with Crippen LogP contribution in [0.3, 0.4) is 0 Å². The van der Waals surface area contributed by atoms with Gasteiger partial charge in [-0.3, -0.25) is 23.6 Å². The molecule has 0 aromatic carbocycles. The van der Waals surface area contributed by atoms with Crippen molar-refractivity contribution in [2.45, 2.75) is 13.0 Å². The standard InChI is InChI=1S/C17H25N5O4/c1-19-15-13(16(24)20(2)17(19)25)4-7-22(15)12-14(23)18-5-3-6-21-8-10-26-11-9-21/h4,7H,3,5-6,8-12H2,1-2H3,(H,18,23). The number of ether oxygens (including phenoxy) is 1. The third kappa shape index (κ3) is 3.73. The first-order valence-electron chi connectivity index (χ1n) is 8.80. The minimum atomic E-state index is -0.409. The maximum Gasteiger partial charge on any atom is 0.332 e. The number of nitrogens with zero attached hydrogens (tertiary/aromatic N) is 4. The summed E-state index contributed by atoms with van der Waals surface area (Å²) >= 11 is 0. The highest BCUT2D eigenvalue weighted by atomic mass is 16.5. The SMILES string of the molecule is Cn1c(=O)c2ccn(CC(=O)NCCCN3CCOCC3)c2n(C)c1=O. The molecule has 142 valence electrons. The minimum absolute atomic E-state index is 0.0709. The molecule has 0 unspecified atom stereocenters. The zero-order chi connectivity index (χ0) is 18.7. The molecule has 1 fully saturated rings. The third-order valence-corrected chi connectivity index (χ3v) is 4.75. The Morgan fingerprint density at radius 1 is 1.19 bits per heavy atom. The summed E-state index contributed by atoms with van der Waals surface area (Å²) < 4.78 is 9.40. The number of fused-ring (bicyclic) bond motifs is 1. The molecule has 1 amide bonds. The second-order valence-electron chi connectivity index (χ2n) is 6.54. The van der Waals surface area contributed by atoms with Gasteiger partial charge in [-0.2, -0.15) is 0 Å². The van der Waals surface area contributed by atoms with Gasteiger partial charge in [0.25, 0.3) is 5.56 Å². The molecule has 0 bridgehead atoms. The Balaban J connectivity index is 1.59. The van der Waals surface area contributed by atoms with Crippen molar-refractivity contribution in [2.75, 3.05) is 39.4 Å². The Morgan fingerprint density at radius 2 is 1.92 bits per heavy atom. The van der Waals surface area contributed by atoms with Gasteiger partial charge in [-0.1, -0.05) is 0 Å². The van der Waals surface area contributed by atoms with E-state index < -0.39 is 5.69 Å². The maximum absolute atomic E-state index is 12.2. The molecule has 26 heavy (non-hydrogen) atoms. The number of amides is 1. The monoisotopic (exact) mass is 363 g/mol. The Bertz CT molecular complexity index is 904. The minimum Gasteiger partial charge on any atom is -0.379 e. The van der Waals surface area contributed by atoms with Gasteiger partial charge in [-0.05, 0) is 19.0 Å². The van der Waals surface area contributed by atoms with Gasteiger partial charge in [0.2, 0.25) is 5.91 Å². The van der Waals surface area contributed by atoms with Crippen LogP contribution in [0.4, 0.5) is 0 Å². The van der Waals surface area contributed by atoms with Crippen molar-refractivity contribution in [3.63, 3.8) is 0 Å². The fourth-order valence-electron chi connectivity index (χ4n) is 3.28. The second-order valence-corrected chi connectivity index (χ2v) is 6.54. The molecule has 9 nitrogen and oxygen atoms in total. The molecule has 2 aromatic rings. The van der Waals surface area contributed by atoms with Gasteiger partial charge in [-0.25, -0.2) is 4.79 Å². The van der Waals surface area contributed by atoms with Gasteiger partial charge in [0.15, 0.2) is 0 Å². The van der Waals surface area contributed by atoms with E-state index in [-0.39, 0.29) is 18.0 Å². The quantitative estimate of drug-likeness (QED) is 0.657. The summed E-state index contributed by atoms with van der Waals surface area (Å²) in [5.74, 6) is -0.141. The number of morpholine rings is 1. The van der Waals surface area contributed by atoms with E-state index in [1.807, 2.05) is 0 Å². The summed E-state index contributed by atoms with van der Waals surface area (Å²) in [6, 6.07) is 1.64. The number of rotatable bonds is 6. The van der Waals surface area contributed by atoms with Crippen molar-refractivity contribution < 1.29 is 9.53 Å². The summed E-state index contributed by atoms with van der Waals surface area (Å²) in [5.41, 5.74) is -0.303. The Morgan fingerprint density at radius 3 is 2.65 bits per heavy atom. The van der Waals surface area contributed by atoms with E-state index in [1.54, 1.807) is 23.9 Å². The van der Waals surface area contributed by atoms with Crippen LogP contribution < -0.4 is 16.6 Å². The molecule has 1 aliphatic heterocycles. The van der Waals surface area contributed by atoms with Crippen LogP contribution in [0, 0.1) is 0 Å². The first kappa shape index (κ1) is 18.4. The van der Waals surface area contributed by atoms with Crippen LogP contribution in [-0.2, 0) is 30.2 Å². The lowest BCUT2D eigenvalue weighted by Crippen LogP contribution is -2.39. The van der Waals surface area contributed by atoms with Gasteiger partial charge in [-0.15, -0.1) is 0 Å². The molecule has 1 N–H and O–H groups in total. The molecule has 0 aliphatic carbocycles. The summed E-state index contributed by atoms with van der Waals surface area (Å²) in [4.78, 5) is 38.8. The van der Waals surface area contributed by atoms with Crippen LogP contribution in [0.15, 0.2) is 21.9 Å². The number of nitrogens with one attached hydrogen (secondary N) is 1. The summed E-state index contributed by atoms with van der Waals surface area (Å²) in [5, 5.41) is 3.32. The van der Waals surface area contributed by atoms with Crippen molar-refractivity contribution in [1.29, 1.82) is 0 Å². The molecule has 2 aromatic heterocycles. The van der Waals surface area contributed by atoms with Crippen molar-refractivity contribution in [1.82, 2.24) is 23.9 Å². The lowest BCUT2D eigenvalue weighted by Gasteiger charge is -2.26. The lowest BCUT2D eigenvalue weighted by atomic mass is 10.3. The highest BCUT2D eigenvalue weighted by molar-refractivity contribution is 5.80. The summed E-state index contributed by atoms with van der Waals surface area (Å²) in [6.07, 6.45) is 2.54. The predicted molar refractivity (Wildman–Crippen MR) is 97.3 cm³/mol. The largest absolute Gasteiger partial charge is 0.379 e. The molecule has 3 rings (SSSR count). The van der Waals surface area contributed by atoms with Crippen LogP contribution in [0.5, 0.6) is 0 Å². The highest BCUT2D eigenvalue weighted by Gasteiger charge is 2.14. The molecule has 0 atom stereocenters. The molecular formula is C17H25N5O4. The Hall–Kier alpha value is -2.39. The van der Waals surface area contributed by atoms with Crippen molar-refractivity contribution in [2.24, 2.45) is 14.1 Å². The number of hydrogen-bond acceptors (Lipinski definition) is 5. The number of carbonyl (C=O) groups excluding carboxylic acids is 1. The Kier molecular flexibility index (Phi) is 5.58. The molecule has 9 heteroatoms. The van der Waals surface area contributed by atoms with E-state index in [9.17, 15) is 14.4 Å². The molecule has 1 saturated heterocycles. The predicted octanol–water partition coefficient (Wildman–Crippen LogP) is -1.12. The summed E-state index contributed by atoms with van der Waals surface area (Å²) in [7, 11) is 3.05. The van der Waals surface area contributed by atoms with Gasteiger partial charge < -0.3 is 14.6 Å². The van der Waals surface area contributed by atoms with Crippen molar-refractivity contribution in [3.8, 4) is 0 Å². The van der Waals surface area contributed by atoms with Crippen LogP contribution in [0.25, 0.3) is 11.0 Å². The maximum atomic E-state index is 12.2. The van der Waals surface area contributed by atoms with E-state index in [4.69, 9.17) is 4.74 Å². The van der Waals surface area contributed by atoms with Crippen molar-refractivity contribution in [3.05, 3.63) is 33.1 Å². The number of carbonyl (C=O) groups is 1. The van der Waals surface area contributed by atoms with Crippen LogP contribution in [0.2, 0.25) is 0 Å². The fraction of sp³-hybridized carbons (Fsp3) is 0.588. The zero-order valence-electron chi connectivity index (χ0n) is 15.2. The van der Waals surface area contributed by atoms with E-state index >= 15 is 0 Å². The molecule has 3 heterocycles. The van der Waals surface area contributed by atoms with E-state index in [0.29, 0.717) is 17.6 Å². The fourth-order valence-corrected chi connectivity index (χ4v) is 3.28. The van der Waals surface area contributed by atoms with E-state index in [1.165, 1.54) is 11.6 Å². The zero-order valence-corrected chi connectivity index (χ0v) is 15.2. The first-order chi connectivity index (χ1) is 12.5.